The highest BCUT2D eigenvalue weighted by molar-refractivity contribution is 6.27. The first-order valence-corrected chi connectivity index (χ1v) is 15.7. The van der Waals surface area contributed by atoms with Gasteiger partial charge in [-0.05, 0) is 52.9 Å². The van der Waals surface area contributed by atoms with Gasteiger partial charge in [0.15, 0.2) is 0 Å². The van der Waals surface area contributed by atoms with Crippen LogP contribution in [0.4, 0.5) is 0 Å². The topological polar surface area (TPSA) is 22.8 Å². The Hall–Kier alpha value is -6.19. The van der Waals surface area contributed by atoms with Crippen LogP contribution in [0.25, 0.3) is 87.8 Å². The normalized spacial score (nSPS) is 11.9. The summed E-state index contributed by atoms with van der Waals surface area (Å²) in [6.07, 6.45) is 2.08. The van der Waals surface area contributed by atoms with Gasteiger partial charge in [0.1, 0.15) is 0 Å². The van der Waals surface area contributed by atoms with Gasteiger partial charge in [0, 0.05) is 49.9 Å². The van der Waals surface area contributed by atoms with Crippen molar-refractivity contribution in [2.45, 2.75) is 0 Å². The van der Waals surface area contributed by atoms with Crippen molar-refractivity contribution in [3.8, 4) is 22.5 Å². The fraction of sp³-hybridized carbons (Fsp3) is 0. The predicted molar refractivity (Wildman–Crippen MR) is 193 cm³/mol. The molecule has 46 heavy (non-hydrogen) atoms. The number of rotatable bonds is 3. The molecule has 0 unspecified atom stereocenters. The predicted octanol–water partition coefficient (Wildman–Crippen LogP) is 11.2. The molecule has 7 aromatic carbocycles. The molecule has 0 spiro atoms. The summed E-state index contributed by atoms with van der Waals surface area (Å²) in [6.45, 7) is 0. The Labute approximate surface area is 265 Å². The van der Waals surface area contributed by atoms with Gasteiger partial charge in [-0.2, -0.15) is 0 Å². The molecule has 0 aliphatic carbocycles. The minimum absolute atomic E-state index is 0.996. The van der Waals surface area contributed by atoms with E-state index in [0.29, 0.717) is 0 Å². The van der Waals surface area contributed by atoms with E-state index in [1.807, 2.05) is 0 Å². The highest BCUT2D eigenvalue weighted by Crippen LogP contribution is 2.43. The molecule has 214 valence electrons. The van der Waals surface area contributed by atoms with Gasteiger partial charge in [-0.25, -0.2) is 0 Å². The molecule has 0 fully saturated rings. The van der Waals surface area contributed by atoms with Crippen molar-refractivity contribution < 1.29 is 0 Å². The number of hydrogen-bond acceptors (Lipinski definition) is 1. The molecule has 0 atom stereocenters. The first kappa shape index (κ1) is 25.2. The summed E-state index contributed by atoms with van der Waals surface area (Å²) in [5, 5.41) is 8.39. The van der Waals surface area contributed by atoms with Crippen LogP contribution in [-0.4, -0.2) is 14.1 Å². The van der Waals surface area contributed by atoms with E-state index in [1.165, 1.54) is 54.6 Å². The molecule has 0 saturated heterocycles. The fourth-order valence-electron chi connectivity index (χ4n) is 7.52. The van der Waals surface area contributed by atoms with Crippen LogP contribution < -0.4 is 0 Å². The molecule has 0 N–H and O–H groups in total. The second kappa shape index (κ2) is 9.65. The molecular weight excluding hydrogens is 558 g/mol. The quantitative estimate of drug-likeness (QED) is 0.202. The zero-order valence-electron chi connectivity index (χ0n) is 24.9. The van der Waals surface area contributed by atoms with Crippen molar-refractivity contribution in [2.24, 2.45) is 0 Å². The maximum absolute atomic E-state index is 5.30. The van der Waals surface area contributed by atoms with Gasteiger partial charge in [-0.3, -0.25) is 4.98 Å². The smallest absolute Gasteiger partial charge is 0.0970 e. The van der Waals surface area contributed by atoms with Crippen molar-refractivity contribution in [2.75, 3.05) is 0 Å². The maximum atomic E-state index is 5.30. The van der Waals surface area contributed by atoms with Gasteiger partial charge in [0.2, 0.25) is 0 Å². The lowest BCUT2D eigenvalue weighted by Gasteiger charge is -2.14. The first-order chi connectivity index (χ1) is 22.8. The third-order valence-electron chi connectivity index (χ3n) is 9.51. The van der Waals surface area contributed by atoms with Crippen LogP contribution in [0, 0.1) is 0 Å². The van der Waals surface area contributed by atoms with Gasteiger partial charge in [0.05, 0.1) is 27.6 Å². The summed E-state index contributed by atoms with van der Waals surface area (Å²) in [7, 11) is 0. The standard InChI is InChI=1S/C43H27N3/c1-3-12-28(13-4-1)30-15-11-18-32(26-30)46-41-33-19-8-7-14-29(33)22-23-35(41)36-24-25-37-40(43(36)46)44-27-38-34-20-9-10-21-39(34)45(42(37)38)31-16-5-2-6-17-31/h1-27H. The lowest BCUT2D eigenvalue weighted by atomic mass is 10.0. The van der Waals surface area contributed by atoms with E-state index in [2.05, 4.69) is 173 Å². The minimum atomic E-state index is 0.996. The lowest BCUT2D eigenvalue weighted by molar-refractivity contribution is 1.18. The molecule has 0 radical (unpaired) electrons. The number of benzene rings is 7. The Bertz CT molecular complexity index is 2790. The molecule has 3 heterocycles. The van der Waals surface area contributed by atoms with E-state index in [0.717, 1.165) is 33.2 Å². The van der Waals surface area contributed by atoms with Crippen LogP contribution in [0.1, 0.15) is 0 Å². The van der Waals surface area contributed by atoms with Crippen molar-refractivity contribution in [3.05, 3.63) is 164 Å². The van der Waals surface area contributed by atoms with Crippen LogP contribution in [0.2, 0.25) is 0 Å². The molecule has 0 bridgehead atoms. The Morgan fingerprint density at radius 2 is 1.00 bits per heavy atom. The van der Waals surface area contributed by atoms with Gasteiger partial charge in [0.25, 0.3) is 0 Å². The zero-order valence-corrected chi connectivity index (χ0v) is 24.9. The highest BCUT2D eigenvalue weighted by atomic mass is 15.0. The Balaban J connectivity index is 1.40. The second-order valence-electron chi connectivity index (χ2n) is 12.0. The fourth-order valence-corrected chi connectivity index (χ4v) is 7.52. The first-order valence-electron chi connectivity index (χ1n) is 15.7. The van der Waals surface area contributed by atoms with E-state index in [4.69, 9.17) is 4.98 Å². The van der Waals surface area contributed by atoms with Crippen LogP contribution in [0.5, 0.6) is 0 Å². The van der Waals surface area contributed by atoms with E-state index in [-0.39, 0.29) is 0 Å². The molecule has 0 aliphatic heterocycles. The van der Waals surface area contributed by atoms with Crippen molar-refractivity contribution in [1.82, 2.24) is 14.1 Å². The zero-order chi connectivity index (χ0) is 30.2. The number of fused-ring (bicyclic) bond motifs is 11. The summed E-state index contributed by atoms with van der Waals surface area (Å²) < 4.78 is 4.86. The third kappa shape index (κ3) is 3.51. The molecule has 3 heteroatoms. The Morgan fingerprint density at radius 1 is 0.370 bits per heavy atom. The minimum Gasteiger partial charge on any atom is -0.309 e. The van der Waals surface area contributed by atoms with E-state index in [1.54, 1.807) is 0 Å². The van der Waals surface area contributed by atoms with E-state index >= 15 is 0 Å². The SMILES string of the molecule is c1ccc(-c2cccc(-n3c4c5ccccc5ccc4c4ccc5c(ncc6c7ccccc7n(-c7ccccc7)c65)c43)c2)cc1. The molecule has 3 aromatic heterocycles. The highest BCUT2D eigenvalue weighted by Gasteiger charge is 2.21. The largest absolute Gasteiger partial charge is 0.309 e. The molecule has 0 saturated carbocycles. The van der Waals surface area contributed by atoms with Crippen molar-refractivity contribution in [3.63, 3.8) is 0 Å². The molecule has 3 nitrogen and oxygen atoms in total. The molecule has 10 rings (SSSR count). The van der Waals surface area contributed by atoms with Crippen LogP contribution >= 0.6 is 0 Å². The summed E-state index contributed by atoms with van der Waals surface area (Å²) in [4.78, 5) is 5.30. The van der Waals surface area contributed by atoms with Crippen molar-refractivity contribution >= 4 is 65.3 Å². The number of hydrogen-bond donors (Lipinski definition) is 0. The Morgan fingerprint density at radius 3 is 1.87 bits per heavy atom. The van der Waals surface area contributed by atoms with Crippen LogP contribution in [0.15, 0.2) is 164 Å². The van der Waals surface area contributed by atoms with Crippen LogP contribution in [-0.2, 0) is 0 Å². The van der Waals surface area contributed by atoms with Gasteiger partial charge in [-0.1, -0.05) is 121 Å². The lowest BCUT2D eigenvalue weighted by Crippen LogP contribution is -1.98. The molecule has 0 aliphatic rings. The Kier molecular flexibility index (Phi) is 5.28. The molecular formula is C43H27N3. The number of pyridine rings is 1. The number of para-hydroxylation sites is 2. The maximum Gasteiger partial charge on any atom is 0.0970 e. The monoisotopic (exact) mass is 585 g/mol. The second-order valence-corrected chi connectivity index (χ2v) is 12.0. The van der Waals surface area contributed by atoms with E-state index < -0.39 is 0 Å². The summed E-state index contributed by atoms with van der Waals surface area (Å²) in [5.41, 5.74) is 10.3. The van der Waals surface area contributed by atoms with E-state index in [9.17, 15) is 0 Å². The molecule has 0 amide bonds. The third-order valence-corrected chi connectivity index (χ3v) is 9.51. The summed E-state index contributed by atoms with van der Waals surface area (Å²) in [5.74, 6) is 0. The van der Waals surface area contributed by atoms with Crippen LogP contribution in [0.3, 0.4) is 0 Å². The average Bonchev–Trinajstić information content (AvgIpc) is 3.66. The number of aromatic nitrogens is 3. The van der Waals surface area contributed by atoms with Gasteiger partial charge >= 0.3 is 0 Å². The summed E-state index contributed by atoms with van der Waals surface area (Å²) in [6, 6.07) is 56.7. The average molecular weight is 586 g/mol. The van der Waals surface area contributed by atoms with Gasteiger partial charge < -0.3 is 9.13 Å². The molecule has 10 aromatic rings. The van der Waals surface area contributed by atoms with Crippen molar-refractivity contribution in [1.29, 1.82) is 0 Å². The number of nitrogens with zero attached hydrogens (tertiary/aromatic N) is 3. The summed E-state index contributed by atoms with van der Waals surface area (Å²) >= 11 is 0. The van der Waals surface area contributed by atoms with Gasteiger partial charge in [-0.15, -0.1) is 0 Å².